The smallest absolute Gasteiger partial charge is 0.364 e. The first kappa shape index (κ1) is 20.5. The second kappa shape index (κ2) is 8.55. The molecule has 4 nitrogen and oxygen atoms in total. The molecule has 2 heterocycles. The minimum atomic E-state index is -4.43. The Hall–Kier alpha value is -3.74. The quantitative estimate of drug-likeness (QED) is 0.406. The third-order valence-electron chi connectivity index (χ3n) is 4.86. The van der Waals surface area contributed by atoms with Crippen molar-refractivity contribution < 1.29 is 13.2 Å². The van der Waals surface area contributed by atoms with Crippen molar-refractivity contribution in [3.8, 4) is 22.5 Å². The van der Waals surface area contributed by atoms with E-state index in [1.54, 1.807) is 18.3 Å². The molecule has 1 atom stereocenters. The normalized spacial score (nSPS) is 12.4. The molecule has 7 heteroatoms. The first-order valence-electron chi connectivity index (χ1n) is 9.68. The molecule has 2 aromatic carbocycles. The van der Waals surface area contributed by atoms with Crippen LogP contribution in [0.4, 0.5) is 19.0 Å². The van der Waals surface area contributed by atoms with Gasteiger partial charge in [0, 0.05) is 35.8 Å². The van der Waals surface area contributed by atoms with E-state index in [0.717, 1.165) is 17.7 Å². The number of alkyl halides is 3. The van der Waals surface area contributed by atoms with Crippen LogP contribution in [0.2, 0.25) is 0 Å². The molecule has 4 rings (SSSR count). The van der Waals surface area contributed by atoms with E-state index in [1.807, 2.05) is 43.3 Å². The van der Waals surface area contributed by atoms with Crippen LogP contribution >= 0.6 is 0 Å². The number of benzene rings is 2. The standard InChI is InChI=1S/C24H19F3N4/c1-16(17-6-3-2-4-7-17)31-21-15-19(10-11-28-21)23-22(29-12-13-30-23)18-8-5-9-20(14-18)24(25,26)27/h2-16H,1H3,(H,28,31)/t16-/m0/s1. The molecule has 2 aromatic heterocycles. The van der Waals surface area contributed by atoms with Gasteiger partial charge in [0.1, 0.15) is 5.82 Å². The van der Waals surface area contributed by atoms with Crippen LogP contribution in [-0.4, -0.2) is 15.0 Å². The monoisotopic (exact) mass is 420 g/mol. The molecule has 0 bridgehead atoms. The van der Waals surface area contributed by atoms with Gasteiger partial charge in [0.15, 0.2) is 0 Å². The predicted molar refractivity (Wildman–Crippen MR) is 114 cm³/mol. The van der Waals surface area contributed by atoms with Crippen LogP contribution in [-0.2, 0) is 6.18 Å². The Morgan fingerprint density at radius 3 is 2.10 bits per heavy atom. The van der Waals surface area contributed by atoms with Crippen LogP contribution < -0.4 is 5.32 Å². The van der Waals surface area contributed by atoms with Gasteiger partial charge in [0.2, 0.25) is 0 Å². The lowest BCUT2D eigenvalue weighted by atomic mass is 10.0. The topological polar surface area (TPSA) is 50.7 Å². The fraction of sp³-hybridized carbons (Fsp3) is 0.125. The molecule has 156 valence electrons. The number of aromatic nitrogens is 3. The highest BCUT2D eigenvalue weighted by molar-refractivity contribution is 5.78. The average molecular weight is 420 g/mol. The predicted octanol–water partition coefficient (Wildman–Crippen LogP) is 6.40. The molecule has 1 N–H and O–H groups in total. The molecule has 31 heavy (non-hydrogen) atoms. The van der Waals surface area contributed by atoms with Crippen molar-refractivity contribution in [3.05, 3.63) is 96.4 Å². The van der Waals surface area contributed by atoms with E-state index < -0.39 is 11.7 Å². The maximum atomic E-state index is 13.2. The van der Waals surface area contributed by atoms with Gasteiger partial charge in [-0.2, -0.15) is 13.2 Å². The lowest BCUT2D eigenvalue weighted by molar-refractivity contribution is -0.137. The first-order chi connectivity index (χ1) is 14.9. The molecule has 0 aliphatic heterocycles. The minimum absolute atomic E-state index is 0.0220. The molecule has 0 unspecified atom stereocenters. The Morgan fingerprint density at radius 1 is 0.742 bits per heavy atom. The molecule has 0 radical (unpaired) electrons. The lowest BCUT2D eigenvalue weighted by Gasteiger charge is -2.16. The number of nitrogens with one attached hydrogen (secondary N) is 1. The fourth-order valence-electron chi connectivity index (χ4n) is 3.31. The summed E-state index contributed by atoms with van der Waals surface area (Å²) in [6.07, 6.45) is 0.198. The van der Waals surface area contributed by atoms with Crippen LogP contribution in [0, 0.1) is 0 Å². The molecule has 0 saturated heterocycles. The van der Waals surface area contributed by atoms with Crippen molar-refractivity contribution in [1.29, 1.82) is 0 Å². The van der Waals surface area contributed by atoms with Crippen LogP contribution in [0.25, 0.3) is 22.5 Å². The molecule has 0 saturated carbocycles. The molecule has 0 spiro atoms. The van der Waals surface area contributed by atoms with Crippen molar-refractivity contribution in [2.45, 2.75) is 19.1 Å². The number of hydrogen-bond acceptors (Lipinski definition) is 4. The second-order valence-corrected chi connectivity index (χ2v) is 7.04. The summed E-state index contributed by atoms with van der Waals surface area (Å²) in [6.45, 7) is 2.03. The Kier molecular flexibility index (Phi) is 5.66. The van der Waals surface area contributed by atoms with Crippen molar-refractivity contribution in [2.24, 2.45) is 0 Å². The van der Waals surface area contributed by atoms with Gasteiger partial charge in [-0.3, -0.25) is 9.97 Å². The van der Waals surface area contributed by atoms with E-state index in [0.29, 0.717) is 28.3 Å². The Labute approximate surface area is 177 Å². The largest absolute Gasteiger partial charge is 0.416 e. The zero-order valence-electron chi connectivity index (χ0n) is 16.6. The van der Waals surface area contributed by atoms with Gasteiger partial charge in [0.05, 0.1) is 17.0 Å². The number of pyridine rings is 1. The third-order valence-corrected chi connectivity index (χ3v) is 4.86. The summed E-state index contributed by atoms with van der Waals surface area (Å²) in [5.74, 6) is 0.634. The lowest BCUT2D eigenvalue weighted by Crippen LogP contribution is -2.08. The SMILES string of the molecule is C[C@H](Nc1cc(-c2nccnc2-c2cccc(C(F)(F)F)c2)ccn1)c1ccccc1. The molecule has 0 fully saturated rings. The van der Waals surface area contributed by atoms with Gasteiger partial charge in [0.25, 0.3) is 0 Å². The van der Waals surface area contributed by atoms with Gasteiger partial charge in [-0.15, -0.1) is 0 Å². The van der Waals surface area contributed by atoms with E-state index in [-0.39, 0.29) is 6.04 Å². The van der Waals surface area contributed by atoms with E-state index >= 15 is 0 Å². The zero-order valence-corrected chi connectivity index (χ0v) is 16.6. The number of rotatable bonds is 5. The summed E-state index contributed by atoms with van der Waals surface area (Å²) < 4.78 is 39.5. The first-order valence-corrected chi connectivity index (χ1v) is 9.68. The van der Waals surface area contributed by atoms with Gasteiger partial charge < -0.3 is 5.32 Å². The van der Waals surface area contributed by atoms with Crippen LogP contribution in [0.15, 0.2) is 85.3 Å². The number of anilines is 1. The molecule has 0 aliphatic rings. The van der Waals surface area contributed by atoms with Gasteiger partial charge >= 0.3 is 6.18 Å². The highest BCUT2D eigenvalue weighted by atomic mass is 19.4. The summed E-state index contributed by atoms with van der Waals surface area (Å²) >= 11 is 0. The zero-order chi connectivity index (χ0) is 21.8. The van der Waals surface area contributed by atoms with Gasteiger partial charge in [-0.25, -0.2) is 4.98 Å². The van der Waals surface area contributed by atoms with Crippen molar-refractivity contribution in [2.75, 3.05) is 5.32 Å². The fourth-order valence-corrected chi connectivity index (χ4v) is 3.31. The van der Waals surface area contributed by atoms with Gasteiger partial charge in [-0.1, -0.05) is 42.5 Å². The van der Waals surface area contributed by atoms with E-state index in [4.69, 9.17) is 0 Å². The Bertz CT molecular complexity index is 1180. The van der Waals surface area contributed by atoms with Gasteiger partial charge in [-0.05, 0) is 36.8 Å². The molecule has 0 amide bonds. The maximum absolute atomic E-state index is 13.2. The number of nitrogens with zero attached hydrogens (tertiary/aromatic N) is 3. The van der Waals surface area contributed by atoms with E-state index in [9.17, 15) is 13.2 Å². The third kappa shape index (κ3) is 4.71. The molecular weight excluding hydrogens is 401 g/mol. The Morgan fingerprint density at radius 2 is 1.42 bits per heavy atom. The summed E-state index contributed by atoms with van der Waals surface area (Å²) in [4.78, 5) is 13.1. The number of hydrogen-bond donors (Lipinski definition) is 1. The Balaban J connectivity index is 1.68. The summed E-state index contributed by atoms with van der Waals surface area (Å²) in [7, 11) is 0. The maximum Gasteiger partial charge on any atom is 0.416 e. The van der Waals surface area contributed by atoms with Crippen molar-refractivity contribution >= 4 is 5.82 Å². The second-order valence-electron chi connectivity index (χ2n) is 7.04. The highest BCUT2D eigenvalue weighted by Gasteiger charge is 2.30. The summed E-state index contributed by atoms with van der Waals surface area (Å²) in [5.41, 5.74) is 2.30. The van der Waals surface area contributed by atoms with Crippen molar-refractivity contribution in [1.82, 2.24) is 15.0 Å². The van der Waals surface area contributed by atoms with E-state index in [1.165, 1.54) is 18.5 Å². The van der Waals surface area contributed by atoms with Crippen LogP contribution in [0.5, 0.6) is 0 Å². The number of halogens is 3. The average Bonchev–Trinajstić information content (AvgIpc) is 2.79. The summed E-state index contributed by atoms with van der Waals surface area (Å²) in [6, 6.07) is 18.7. The molecule has 0 aliphatic carbocycles. The minimum Gasteiger partial charge on any atom is -0.364 e. The molecule has 4 aromatic rings. The molecular formula is C24H19F3N4. The highest BCUT2D eigenvalue weighted by Crippen LogP contribution is 2.34. The van der Waals surface area contributed by atoms with E-state index in [2.05, 4.69) is 20.3 Å². The van der Waals surface area contributed by atoms with Crippen LogP contribution in [0.1, 0.15) is 24.1 Å². The van der Waals surface area contributed by atoms with Crippen LogP contribution in [0.3, 0.4) is 0 Å². The van der Waals surface area contributed by atoms with Crippen molar-refractivity contribution in [3.63, 3.8) is 0 Å². The summed E-state index contributed by atoms with van der Waals surface area (Å²) in [5, 5.41) is 3.35.